The van der Waals surface area contributed by atoms with Gasteiger partial charge in [0, 0.05) is 18.1 Å². The Morgan fingerprint density at radius 3 is 2.88 bits per heavy atom. The summed E-state index contributed by atoms with van der Waals surface area (Å²) in [6.07, 6.45) is 9.00. The molecule has 0 aromatic carbocycles. The van der Waals surface area contributed by atoms with Gasteiger partial charge in [-0.15, -0.1) is 11.3 Å². The van der Waals surface area contributed by atoms with Crippen molar-refractivity contribution in [1.29, 1.82) is 0 Å². The molecule has 1 heterocycles. The van der Waals surface area contributed by atoms with Crippen LogP contribution in [-0.4, -0.2) is 11.5 Å². The van der Waals surface area contributed by atoms with Crippen LogP contribution in [0.1, 0.15) is 44.0 Å². The van der Waals surface area contributed by atoms with Crippen molar-refractivity contribution in [1.82, 2.24) is 10.3 Å². The smallest absolute Gasteiger partial charge is 0.106 e. The Kier molecular flexibility index (Phi) is 4.79. The molecule has 0 radical (unpaired) electrons. The molecule has 1 N–H and O–H groups in total. The number of thiazole rings is 1. The monoisotopic (exact) mass is 238 g/mol. The van der Waals surface area contributed by atoms with Gasteiger partial charge in [-0.25, -0.2) is 4.98 Å². The van der Waals surface area contributed by atoms with E-state index >= 15 is 0 Å². The number of aromatic nitrogens is 1. The average molecular weight is 238 g/mol. The highest BCUT2D eigenvalue weighted by Gasteiger charge is 2.17. The third-order valence-electron chi connectivity index (χ3n) is 3.62. The van der Waals surface area contributed by atoms with Gasteiger partial charge in [-0.3, -0.25) is 0 Å². The maximum Gasteiger partial charge on any atom is 0.106 e. The molecule has 1 aliphatic carbocycles. The predicted molar refractivity (Wildman–Crippen MR) is 69.6 cm³/mol. The molecule has 1 aromatic heterocycles. The zero-order valence-electron chi connectivity index (χ0n) is 10.1. The van der Waals surface area contributed by atoms with Crippen LogP contribution in [0, 0.1) is 11.8 Å². The Morgan fingerprint density at radius 1 is 1.38 bits per heavy atom. The Bertz CT molecular complexity index is 276. The van der Waals surface area contributed by atoms with Gasteiger partial charge in [0.15, 0.2) is 0 Å². The zero-order chi connectivity index (χ0) is 11.2. The normalized spacial score (nSPS) is 25.8. The van der Waals surface area contributed by atoms with E-state index in [0.29, 0.717) is 0 Å². The lowest BCUT2D eigenvalue weighted by Crippen LogP contribution is -2.20. The Labute approximate surface area is 102 Å². The van der Waals surface area contributed by atoms with E-state index in [9.17, 15) is 0 Å². The van der Waals surface area contributed by atoms with Gasteiger partial charge in [0.2, 0.25) is 0 Å². The van der Waals surface area contributed by atoms with Crippen LogP contribution < -0.4 is 5.32 Å². The molecule has 0 amide bonds. The molecule has 2 rings (SSSR count). The topological polar surface area (TPSA) is 24.9 Å². The summed E-state index contributed by atoms with van der Waals surface area (Å²) in [5.41, 5.74) is 0. The standard InChI is InChI=1S/C13H22N2S/c1-11-2-4-12(5-3-11)6-7-14-10-13-15-8-9-16-13/h8-9,11-12,14H,2-7,10H2,1H3. The van der Waals surface area contributed by atoms with Crippen molar-refractivity contribution in [2.75, 3.05) is 6.54 Å². The van der Waals surface area contributed by atoms with E-state index in [-0.39, 0.29) is 0 Å². The molecule has 0 spiro atoms. The minimum atomic E-state index is 0.945. The van der Waals surface area contributed by atoms with E-state index in [4.69, 9.17) is 0 Å². The lowest BCUT2D eigenvalue weighted by atomic mass is 9.81. The van der Waals surface area contributed by atoms with E-state index in [2.05, 4.69) is 17.2 Å². The van der Waals surface area contributed by atoms with Gasteiger partial charge in [0.25, 0.3) is 0 Å². The van der Waals surface area contributed by atoms with Crippen LogP contribution in [0.5, 0.6) is 0 Å². The minimum absolute atomic E-state index is 0.945. The zero-order valence-corrected chi connectivity index (χ0v) is 10.9. The molecule has 90 valence electrons. The maximum absolute atomic E-state index is 4.27. The summed E-state index contributed by atoms with van der Waals surface area (Å²) < 4.78 is 0. The van der Waals surface area contributed by atoms with Crippen molar-refractivity contribution in [3.8, 4) is 0 Å². The third kappa shape index (κ3) is 3.87. The first-order valence-corrected chi connectivity index (χ1v) is 7.31. The van der Waals surface area contributed by atoms with E-state index in [1.165, 1.54) is 37.1 Å². The molecular formula is C13H22N2S. The fourth-order valence-electron chi connectivity index (χ4n) is 2.46. The minimum Gasteiger partial charge on any atom is -0.310 e. The van der Waals surface area contributed by atoms with Gasteiger partial charge in [0.1, 0.15) is 5.01 Å². The van der Waals surface area contributed by atoms with Crippen LogP contribution in [0.25, 0.3) is 0 Å². The fraction of sp³-hybridized carbons (Fsp3) is 0.769. The van der Waals surface area contributed by atoms with E-state index in [1.807, 2.05) is 11.6 Å². The van der Waals surface area contributed by atoms with E-state index in [1.54, 1.807) is 11.3 Å². The highest BCUT2D eigenvalue weighted by Crippen LogP contribution is 2.29. The van der Waals surface area contributed by atoms with Gasteiger partial charge < -0.3 is 5.32 Å². The maximum atomic E-state index is 4.27. The van der Waals surface area contributed by atoms with Gasteiger partial charge in [-0.05, 0) is 24.8 Å². The number of rotatable bonds is 5. The predicted octanol–water partition coefficient (Wildman–Crippen LogP) is 3.45. The summed E-state index contributed by atoms with van der Waals surface area (Å²) in [6.45, 7) is 4.48. The lowest BCUT2D eigenvalue weighted by molar-refractivity contribution is 0.275. The third-order valence-corrected chi connectivity index (χ3v) is 4.40. The van der Waals surface area contributed by atoms with Crippen molar-refractivity contribution in [3.63, 3.8) is 0 Å². The molecule has 0 bridgehead atoms. The molecule has 1 aliphatic rings. The van der Waals surface area contributed by atoms with Gasteiger partial charge >= 0.3 is 0 Å². The molecule has 1 aromatic rings. The van der Waals surface area contributed by atoms with E-state index < -0.39 is 0 Å². The SMILES string of the molecule is CC1CCC(CCNCc2nccs2)CC1. The van der Waals surface area contributed by atoms with Crippen molar-refractivity contribution < 1.29 is 0 Å². The second-order valence-corrected chi connectivity index (χ2v) is 6.00. The van der Waals surface area contributed by atoms with Gasteiger partial charge in [-0.2, -0.15) is 0 Å². The Balaban J connectivity index is 1.55. The summed E-state index contributed by atoms with van der Waals surface area (Å²) in [6, 6.07) is 0. The molecule has 1 fully saturated rings. The molecule has 0 unspecified atom stereocenters. The van der Waals surface area contributed by atoms with Crippen LogP contribution in [0.3, 0.4) is 0 Å². The Morgan fingerprint density at radius 2 is 2.19 bits per heavy atom. The molecule has 0 aliphatic heterocycles. The first-order valence-electron chi connectivity index (χ1n) is 6.43. The van der Waals surface area contributed by atoms with Crippen LogP contribution in [0.2, 0.25) is 0 Å². The van der Waals surface area contributed by atoms with E-state index in [0.717, 1.165) is 24.9 Å². The van der Waals surface area contributed by atoms with Crippen LogP contribution in [0.15, 0.2) is 11.6 Å². The number of hydrogen-bond acceptors (Lipinski definition) is 3. The average Bonchev–Trinajstić information content (AvgIpc) is 2.80. The first-order chi connectivity index (χ1) is 7.84. The highest BCUT2D eigenvalue weighted by molar-refractivity contribution is 7.09. The summed E-state index contributed by atoms with van der Waals surface area (Å²) >= 11 is 1.74. The largest absolute Gasteiger partial charge is 0.310 e. The quantitative estimate of drug-likeness (QED) is 0.795. The van der Waals surface area contributed by atoms with Crippen molar-refractivity contribution in [2.45, 2.75) is 45.6 Å². The summed E-state index contributed by atoms with van der Waals surface area (Å²) in [7, 11) is 0. The first kappa shape index (κ1) is 12.1. The number of nitrogens with zero attached hydrogens (tertiary/aromatic N) is 1. The molecule has 1 saturated carbocycles. The number of hydrogen-bond donors (Lipinski definition) is 1. The molecule has 0 atom stereocenters. The molecule has 0 saturated heterocycles. The highest BCUT2D eigenvalue weighted by atomic mass is 32.1. The molecule has 2 nitrogen and oxygen atoms in total. The summed E-state index contributed by atoms with van der Waals surface area (Å²) in [4.78, 5) is 4.27. The van der Waals surface area contributed by atoms with Crippen molar-refractivity contribution in [3.05, 3.63) is 16.6 Å². The second-order valence-electron chi connectivity index (χ2n) is 5.02. The summed E-state index contributed by atoms with van der Waals surface area (Å²) in [5.74, 6) is 1.94. The van der Waals surface area contributed by atoms with Crippen LogP contribution in [0.4, 0.5) is 0 Å². The van der Waals surface area contributed by atoms with Crippen LogP contribution in [-0.2, 0) is 6.54 Å². The lowest BCUT2D eigenvalue weighted by Gasteiger charge is -2.26. The second kappa shape index (κ2) is 6.36. The fourth-order valence-corrected chi connectivity index (χ4v) is 3.05. The molecule has 16 heavy (non-hydrogen) atoms. The van der Waals surface area contributed by atoms with Crippen molar-refractivity contribution >= 4 is 11.3 Å². The molecular weight excluding hydrogens is 216 g/mol. The van der Waals surface area contributed by atoms with Crippen molar-refractivity contribution in [2.24, 2.45) is 11.8 Å². The van der Waals surface area contributed by atoms with Gasteiger partial charge in [-0.1, -0.05) is 32.6 Å². The summed E-state index contributed by atoms with van der Waals surface area (Å²) in [5, 5.41) is 6.74. The molecule has 3 heteroatoms. The Hall–Kier alpha value is -0.410. The number of nitrogens with one attached hydrogen (secondary N) is 1. The van der Waals surface area contributed by atoms with Gasteiger partial charge in [0.05, 0.1) is 0 Å². The van der Waals surface area contributed by atoms with Crippen LogP contribution >= 0.6 is 11.3 Å².